The van der Waals surface area contributed by atoms with Gasteiger partial charge in [0.1, 0.15) is 5.69 Å². The number of nitro groups is 1. The second kappa shape index (κ2) is 9.13. The van der Waals surface area contributed by atoms with Crippen LogP contribution in [0.5, 0.6) is 0 Å². The Hall–Kier alpha value is -3.81. The molecule has 0 bridgehead atoms. The maximum atomic E-state index is 13.0. The third-order valence-corrected chi connectivity index (χ3v) is 5.88. The summed E-state index contributed by atoms with van der Waals surface area (Å²) in [4.78, 5) is 25.9. The number of amides is 1. The first-order valence-corrected chi connectivity index (χ1v) is 10.6. The van der Waals surface area contributed by atoms with Crippen molar-refractivity contribution in [2.75, 3.05) is 23.3 Å². The highest BCUT2D eigenvalue weighted by Gasteiger charge is 2.28. The number of para-hydroxylation sites is 1. The van der Waals surface area contributed by atoms with Gasteiger partial charge in [0, 0.05) is 24.7 Å². The number of nitrogens with one attached hydrogen (secondary N) is 1. The molecule has 8 nitrogen and oxygen atoms in total. The van der Waals surface area contributed by atoms with Gasteiger partial charge in [-0.25, -0.2) is 0 Å². The average molecular weight is 431 g/mol. The molecule has 0 radical (unpaired) electrons. The van der Waals surface area contributed by atoms with Crippen molar-refractivity contribution in [1.82, 2.24) is 10.2 Å². The Bertz CT molecular complexity index is 1150. The number of carbonyl (C=O) groups excluding carboxylic acids is 1. The summed E-state index contributed by atoms with van der Waals surface area (Å²) in [6, 6.07) is 16.7. The first-order chi connectivity index (χ1) is 15.4. The van der Waals surface area contributed by atoms with Crippen molar-refractivity contribution in [3.63, 3.8) is 0 Å². The van der Waals surface area contributed by atoms with Gasteiger partial charge < -0.3 is 10.2 Å². The van der Waals surface area contributed by atoms with E-state index in [0.29, 0.717) is 12.1 Å². The quantitative estimate of drug-likeness (QED) is 0.471. The molecular formula is C24H25N5O3. The van der Waals surface area contributed by atoms with Crippen molar-refractivity contribution in [2.24, 2.45) is 5.92 Å². The van der Waals surface area contributed by atoms with Crippen LogP contribution in [0.1, 0.15) is 24.0 Å². The van der Waals surface area contributed by atoms with Crippen molar-refractivity contribution < 1.29 is 9.72 Å². The van der Waals surface area contributed by atoms with E-state index < -0.39 is 4.92 Å². The van der Waals surface area contributed by atoms with Crippen molar-refractivity contribution in [2.45, 2.75) is 26.7 Å². The zero-order chi connectivity index (χ0) is 22.7. The lowest BCUT2D eigenvalue weighted by atomic mass is 9.96. The Morgan fingerprint density at radius 1 is 1.06 bits per heavy atom. The SMILES string of the molecule is Cc1ccccc1-c1ccc(N2CCCC(C(=O)Nc3c(C)cccc3[N+](=O)[O-])C2)nn1. The van der Waals surface area contributed by atoms with Gasteiger partial charge in [-0.3, -0.25) is 14.9 Å². The fourth-order valence-corrected chi connectivity index (χ4v) is 4.09. The molecule has 8 heteroatoms. The lowest BCUT2D eigenvalue weighted by Gasteiger charge is -2.32. The second-order valence-electron chi connectivity index (χ2n) is 8.09. The molecule has 1 aliphatic heterocycles. The number of rotatable bonds is 5. The van der Waals surface area contributed by atoms with Crippen molar-refractivity contribution in [3.05, 3.63) is 75.8 Å². The lowest BCUT2D eigenvalue weighted by molar-refractivity contribution is -0.384. The predicted octanol–water partition coefficient (Wildman–Crippen LogP) is 4.52. The second-order valence-corrected chi connectivity index (χ2v) is 8.09. The summed E-state index contributed by atoms with van der Waals surface area (Å²) in [5.41, 5.74) is 3.82. The van der Waals surface area contributed by atoms with Gasteiger partial charge in [0.25, 0.3) is 5.69 Å². The summed E-state index contributed by atoms with van der Waals surface area (Å²) in [5, 5.41) is 22.9. The number of anilines is 2. The minimum absolute atomic E-state index is 0.0938. The molecule has 1 amide bonds. The highest BCUT2D eigenvalue weighted by Crippen LogP contribution is 2.30. The topological polar surface area (TPSA) is 101 Å². The molecule has 3 aromatic rings. The molecule has 1 aliphatic rings. The van der Waals surface area contributed by atoms with Crippen molar-refractivity contribution >= 4 is 23.1 Å². The largest absolute Gasteiger partial charge is 0.354 e. The summed E-state index contributed by atoms with van der Waals surface area (Å²) in [5.74, 6) is 0.221. The smallest absolute Gasteiger partial charge is 0.293 e. The third kappa shape index (κ3) is 4.44. The van der Waals surface area contributed by atoms with Gasteiger partial charge in [-0.05, 0) is 49.9 Å². The van der Waals surface area contributed by atoms with Crippen LogP contribution in [-0.4, -0.2) is 34.1 Å². The van der Waals surface area contributed by atoms with Gasteiger partial charge in [-0.2, -0.15) is 0 Å². The van der Waals surface area contributed by atoms with Crippen LogP contribution in [0.4, 0.5) is 17.2 Å². The van der Waals surface area contributed by atoms with Crippen LogP contribution in [0, 0.1) is 29.9 Å². The van der Waals surface area contributed by atoms with Crippen LogP contribution in [0.3, 0.4) is 0 Å². The summed E-state index contributed by atoms with van der Waals surface area (Å²) < 4.78 is 0. The number of hydrogen-bond acceptors (Lipinski definition) is 6. The lowest BCUT2D eigenvalue weighted by Crippen LogP contribution is -2.41. The van der Waals surface area contributed by atoms with Gasteiger partial charge in [0.05, 0.1) is 16.5 Å². The number of nitrogens with zero attached hydrogens (tertiary/aromatic N) is 4. The monoisotopic (exact) mass is 431 g/mol. The molecular weight excluding hydrogens is 406 g/mol. The average Bonchev–Trinajstić information content (AvgIpc) is 2.81. The highest BCUT2D eigenvalue weighted by atomic mass is 16.6. The summed E-state index contributed by atoms with van der Waals surface area (Å²) in [6.45, 7) is 5.07. The number of hydrogen-bond donors (Lipinski definition) is 1. The van der Waals surface area contributed by atoms with E-state index >= 15 is 0 Å². The Labute approximate surface area is 186 Å². The summed E-state index contributed by atoms with van der Waals surface area (Å²) in [6.07, 6.45) is 1.55. The Kier molecular flexibility index (Phi) is 6.11. The predicted molar refractivity (Wildman–Crippen MR) is 124 cm³/mol. The number of benzene rings is 2. The number of aromatic nitrogens is 2. The molecule has 2 heterocycles. The maximum Gasteiger partial charge on any atom is 0.293 e. The van der Waals surface area contributed by atoms with E-state index in [9.17, 15) is 14.9 Å². The Balaban J connectivity index is 1.48. The molecule has 1 saturated heterocycles. The first-order valence-electron chi connectivity index (χ1n) is 10.6. The molecule has 0 spiro atoms. The van der Waals surface area contributed by atoms with Crippen LogP contribution >= 0.6 is 0 Å². The van der Waals surface area contributed by atoms with Gasteiger partial charge in [-0.1, -0.05) is 36.4 Å². The Morgan fingerprint density at radius 3 is 2.56 bits per heavy atom. The van der Waals surface area contributed by atoms with Gasteiger partial charge in [0.2, 0.25) is 5.91 Å². The summed E-state index contributed by atoms with van der Waals surface area (Å²) >= 11 is 0. The van der Waals surface area contributed by atoms with E-state index in [4.69, 9.17) is 0 Å². The van der Waals surface area contributed by atoms with Gasteiger partial charge in [-0.15, -0.1) is 10.2 Å². The molecule has 0 aliphatic carbocycles. The fourth-order valence-electron chi connectivity index (χ4n) is 4.09. The zero-order valence-electron chi connectivity index (χ0n) is 18.1. The molecule has 1 fully saturated rings. The van der Waals surface area contributed by atoms with Crippen LogP contribution in [0.25, 0.3) is 11.3 Å². The normalized spacial score (nSPS) is 15.9. The zero-order valence-corrected chi connectivity index (χ0v) is 18.1. The standard InChI is InChI=1S/C24H25N5O3/c1-16-7-3-4-10-19(16)20-12-13-22(27-26-20)28-14-6-9-18(15-28)24(30)25-23-17(2)8-5-11-21(23)29(31)32/h3-5,7-8,10-13,18H,6,9,14-15H2,1-2H3,(H,25,30). The molecule has 1 atom stereocenters. The van der Waals surface area contributed by atoms with Crippen LogP contribution in [0.2, 0.25) is 0 Å². The fraction of sp³-hybridized carbons (Fsp3) is 0.292. The first kappa shape index (κ1) is 21.4. The van der Waals surface area contributed by atoms with E-state index in [2.05, 4.69) is 20.4 Å². The Morgan fingerprint density at radius 2 is 1.84 bits per heavy atom. The van der Waals surface area contributed by atoms with Crippen LogP contribution in [-0.2, 0) is 4.79 Å². The number of nitro benzene ring substituents is 1. The highest BCUT2D eigenvalue weighted by molar-refractivity contribution is 5.96. The molecule has 32 heavy (non-hydrogen) atoms. The van der Waals surface area contributed by atoms with E-state index in [1.165, 1.54) is 6.07 Å². The number of piperidine rings is 1. The number of aryl methyl sites for hydroxylation is 2. The van der Waals surface area contributed by atoms with Crippen molar-refractivity contribution in [1.29, 1.82) is 0 Å². The van der Waals surface area contributed by atoms with Crippen molar-refractivity contribution in [3.8, 4) is 11.3 Å². The van der Waals surface area contributed by atoms with Gasteiger partial charge >= 0.3 is 0 Å². The minimum atomic E-state index is -0.471. The maximum absolute atomic E-state index is 13.0. The molecule has 1 unspecified atom stereocenters. The minimum Gasteiger partial charge on any atom is -0.354 e. The number of carbonyl (C=O) groups is 1. The molecule has 4 rings (SSSR count). The van der Waals surface area contributed by atoms with E-state index in [-0.39, 0.29) is 23.2 Å². The molecule has 164 valence electrons. The van der Waals surface area contributed by atoms with E-state index in [1.807, 2.05) is 43.3 Å². The van der Waals surface area contributed by atoms with Crippen LogP contribution in [0.15, 0.2) is 54.6 Å². The van der Waals surface area contributed by atoms with Crippen LogP contribution < -0.4 is 10.2 Å². The van der Waals surface area contributed by atoms with E-state index in [0.717, 1.165) is 42.0 Å². The van der Waals surface area contributed by atoms with Gasteiger partial charge in [0.15, 0.2) is 5.82 Å². The molecule has 1 aromatic heterocycles. The molecule has 2 aromatic carbocycles. The summed E-state index contributed by atoms with van der Waals surface area (Å²) in [7, 11) is 0. The molecule has 1 N–H and O–H groups in total. The third-order valence-electron chi connectivity index (χ3n) is 5.88. The van der Waals surface area contributed by atoms with E-state index in [1.54, 1.807) is 19.1 Å². The molecule has 0 saturated carbocycles.